The van der Waals surface area contributed by atoms with Gasteiger partial charge in [0.2, 0.25) is 5.43 Å². The number of para-hydroxylation sites is 2. The van der Waals surface area contributed by atoms with E-state index >= 15 is 0 Å². The third kappa shape index (κ3) is 4.87. The summed E-state index contributed by atoms with van der Waals surface area (Å²) in [5, 5.41) is 22.4. The Morgan fingerprint density at radius 3 is 2.61 bits per heavy atom. The molecule has 2 heterocycles. The molecule has 0 spiro atoms. The van der Waals surface area contributed by atoms with Crippen molar-refractivity contribution < 1.29 is 19.2 Å². The van der Waals surface area contributed by atoms with Gasteiger partial charge in [0, 0.05) is 29.7 Å². The number of hydrogen-bond donors (Lipinski definition) is 1. The monoisotopic (exact) mass is 488 g/mol. The van der Waals surface area contributed by atoms with E-state index in [1.165, 1.54) is 39.7 Å². The van der Waals surface area contributed by atoms with E-state index in [1.54, 1.807) is 50.4 Å². The van der Waals surface area contributed by atoms with Crippen LogP contribution in [0.25, 0.3) is 11.4 Å². The minimum absolute atomic E-state index is 0.118. The van der Waals surface area contributed by atoms with Gasteiger partial charge >= 0.3 is 5.97 Å². The smallest absolute Gasteiger partial charge is 0.358 e. The van der Waals surface area contributed by atoms with Crippen LogP contribution in [0.1, 0.15) is 33.6 Å². The Bertz CT molecular complexity index is 1540. The van der Waals surface area contributed by atoms with E-state index in [2.05, 4.69) is 15.5 Å². The standard InChI is InChI=1S/C24H20N6O6/c1-3-36-24(33)18-11-12-28(26-18)17-8-6-7-16(14-17)25-23(32)22-21(31)13-15(2)29(27-22)19-9-4-5-10-20(19)30(34)35/h4-14H,3H2,1-2H3,(H,25,32). The Morgan fingerprint density at radius 2 is 1.86 bits per heavy atom. The van der Waals surface area contributed by atoms with E-state index in [9.17, 15) is 24.5 Å². The Balaban J connectivity index is 1.63. The number of rotatable bonds is 7. The van der Waals surface area contributed by atoms with Crippen LogP contribution in [0.4, 0.5) is 11.4 Å². The van der Waals surface area contributed by atoms with E-state index in [-0.39, 0.29) is 23.7 Å². The second-order valence-corrected chi connectivity index (χ2v) is 7.53. The van der Waals surface area contributed by atoms with Crippen LogP contribution in [-0.2, 0) is 4.74 Å². The quantitative estimate of drug-likeness (QED) is 0.237. The molecule has 36 heavy (non-hydrogen) atoms. The van der Waals surface area contributed by atoms with Crippen molar-refractivity contribution >= 4 is 23.3 Å². The molecule has 2 aromatic carbocycles. The van der Waals surface area contributed by atoms with Gasteiger partial charge in [0.15, 0.2) is 11.4 Å². The summed E-state index contributed by atoms with van der Waals surface area (Å²) in [5.41, 5.74) is 0.149. The van der Waals surface area contributed by atoms with Crippen molar-refractivity contribution in [3.05, 3.63) is 104 Å². The first-order valence-corrected chi connectivity index (χ1v) is 10.8. The number of amides is 1. The lowest BCUT2D eigenvalue weighted by molar-refractivity contribution is -0.384. The van der Waals surface area contributed by atoms with Crippen LogP contribution in [0.15, 0.2) is 71.7 Å². The summed E-state index contributed by atoms with van der Waals surface area (Å²) in [6.45, 7) is 3.48. The topological polar surface area (TPSA) is 151 Å². The lowest BCUT2D eigenvalue weighted by Crippen LogP contribution is -2.27. The zero-order valence-electron chi connectivity index (χ0n) is 19.2. The fraction of sp³-hybridized carbons (Fsp3) is 0.125. The highest BCUT2D eigenvalue weighted by atomic mass is 16.6. The first-order chi connectivity index (χ1) is 17.3. The van der Waals surface area contributed by atoms with Crippen LogP contribution < -0.4 is 10.7 Å². The third-order valence-corrected chi connectivity index (χ3v) is 5.07. The van der Waals surface area contributed by atoms with Gasteiger partial charge in [-0.05, 0) is 44.2 Å². The van der Waals surface area contributed by atoms with Gasteiger partial charge < -0.3 is 10.1 Å². The fourth-order valence-corrected chi connectivity index (χ4v) is 3.44. The van der Waals surface area contributed by atoms with Gasteiger partial charge in [-0.2, -0.15) is 10.2 Å². The molecule has 12 nitrogen and oxygen atoms in total. The summed E-state index contributed by atoms with van der Waals surface area (Å²) in [6, 6.07) is 15.1. The molecule has 182 valence electrons. The van der Waals surface area contributed by atoms with Crippen molar-refractivity contribution in [2.45, 2.75) is 13.8 Å². The van der Waals surface area contributed by atoms with Gasteiger partial charge in [0.25, 0.3) is 11.6 Å². The zero-order valence-corrected chi connectivity index (χ0v) is 19.2. The van der Waals surface area contributed by atoms with Gasteiger partial charge in [-0.25, -0.2) is 14.2 Å². The number of nitro groups is 1. The summed E-state index contributed by atoms with van der Waals surface area (Å²) in [6.07, 6.45) is 1.57. The van der Waals surface area contributed by atoms with Crippen LogP contribution in [0.5, 0.6) is 0 Å². The van der Waals surface area contributed by atoms with Crippen molar-refractivity contribution in [3.63, 3.8) is 0 Å². The molecule has 12 heteroatoms. The maximum atomic E-state index is 13.0. The Labute approximate surface area is 203 Å². The summed E-state index contributed by atoms with van der Waals surface area (Å²) in [5.74, 6) is -1.35. The Morgan fingerprint density at radius 1 is 1.08 bits per heavy atom. The highest BCUT2D eigenvalue weighted by Crippen LogP contribution is 2.22. The predicted octanol–water partition coefficient (Wildman–Crippen LogP) is 3.06. The number of anilines is 1. The molecule has 0 saturated carbocycles. The lowest BCUT2D eigenvalue weighted by Gasteiger charge is -2.12. The number of benzene rings is 2. The van der Waals surface area contributed by atoms with Gasteiger partial charge in [0.05, 0.1) is 17.2 Å². The first kappa shape index (κ1) is 24.0. The number of esters is 1. The number of nitro benzene ring substituents is 1. The summed E-state index contributed by atoms with van der Waals surface area (Å²) >= 11 is 0. The molecule has 2 aromatic heterocycles. The van der Waals surface area contributed by atoms with Crippen LogP contribution in [-0.4, -0.2) is 43.0 Å². The summed E-state index contributed by atoms with van der Waals surface area (Å²) < 4.78 is 7.56. The molecule has 0 aliphatic rings. The largest absolute Gasteiger partial charge is 0.461 e. The molecule has 0 unspecified atom stereocenters. The molecular weight excluding hydrogens is 468 g/mol. The van der Waals surface area contributed by atoms with Crippen LogP contribution in [0.2, 0.25) is 0 Å². The highest BCUT2D eigenvalue weighted by Gasteiger charge is 2.20. The van der Waals surface area contributed by atoms with Crippen molar-refractivity contribution in [2.24, 2.45) is 0 Å². The van der Waals surface area contributed by atoms with E-state index in [4.69, 9.17) is 4.74 Å². The van der Waals surface area contributed by atoms with Crippen molar-refractivity contribution in [1.82, 2.24) is 19.6 Å². The van der Waals surface area contributed by atoms with Crippen LogP contribution >= 0.6 is 0 Å². The Kier molecular flexibility index (Phi) is 6.68. The predicted molar refractivity (Wildman–Crippen MR) is 129 cm³/mol. The molecule has 0 atom stereocenters. The second kappa shape index (κ2) is 10.0. The number of aryl methyl sites for hydroxylation is 1. The SMILES string of the molecule is CCOC(=O)c1ccn(-c2cccc(NC(=O)c3nn(-c4ccccc4[N+](=O)[O-])c(C)cc3=O)c2)n1. The molecule has 1 N–H and O–H groups in total. The molecular formula is C24H20N6O6. The first-order valence-electron chi connectivity index (χ1n) is 10.8. The average molecular weight is 488 g/mol. The lowest BCUT2D eigenvalue weighted by atomic mass is 10.2. The van der Waals surface area contributed by atoms with Crippen LogP contribution in [0, 0.1) is 17.0 Å². The van der Waals surface area contributed by atoms with Crippen molar-refractivity contribution in [2.75, 3.05) is 11.9 Å². The molecule has 4 aromatic rings. The average Bonchev–Trinajstić information content (AvgIpc) is 3.35. The summed E-state index contributed by atoms with van der Waals surface area (Å²) in [7, 11) is 0. The van der Waals surface area contributed by atoms with Gasteiger partial charge in [-0.15, -0.1) is 0 Å². The van der Waals surface area contributed by atoms with Crippen molar-refractivity contribution in [3.8, 4) is 11.4 Å². The third-order valence-electron chi connectivity index (χ3n) is 5.07. The minimum atomic E-state index is -0.794. The molecule has 0 bridgehead atoms. The number of hydrogen-bond acceptors (Lipinski definition) is 8. The minimum Gasteiger partial charge on any atom is -0.461 e. The van der Waals surface area contributed by atoms with E-state index in [0.717, 1.165) is 0 Å². The van der Waals surface area contributed by atoms with Gasteiger partial charge in [-0.1, -0.05) is 18.2 Å². The van der Waals surface area contributed by atoms with Crippen molar-refractivity contribution in [1.29, 1.82) is 0 Å². The number of carbonyl (C=O) groups is 2. The maximum absolute atomic E-state index is 13.0. The molecule has 0 radical (unpaired) electrons. The normalized spacial score (nSPS) is 10.6. The number of nitrogens with zero attached hydrogens (tertiary/aromatic N) is 5. The fourth-order valence-electron chi connectivity index (χ4n) is 3.44. The van der Waals surface area contributed by atoms with Crippen LogP contribution in [0.3, 0.4) is 0 Å². The second-order valence-electron chi connectivity index (χ2n) is 7.53. The molecule has 0 aliphatic heterocycles. The highest BCUT2D eigenvalue weighted by molar-refractivity contribution is 6.02. The molecule has 0 saturated heterocycles. The van der Waals surface area contributed by atoms with Gasteiger partial charge in [0.1, 0.15) is 5.69 Å². The zero-order chi connectivity index (χ0) is 25.8. The van der Waals surface area contributed by atoms with E-state index in [0.29, 0.717) is 17.1 Å². The maximum Gasteiger partial charge on any atom is 0.358 e. The molecule has 0 aliphatic carbocycles. The number of carbonyl (C=O) groups excluding carboxylic acids is 2. The molecule has 1 amide bonds. The van der Waals surface area contributed by atoms with E-state index < -0.39 is 27.9 Å². The van der Waals surface area contributed by atoms with E-state index in [1.807, 2.05) is 0 Å². The molecule has 0 fully saturated rings. The Hall–Kier alpha value is -5.13. The number of nitrogens with one attached hydrogen (secondary N) is 1. The number of ether oxygens (including phenoxy) is 1. The van der Waals surface area contributed by atoms with Gasteiger partial charge in [-0.3, -0.25) is 19.7 Å². The number of aromatic nitrogens is 4. The molecule has 4 rings (SSSR count). The summed E-state index contributed by atoms with van der Waals surface area (Å²) in [4.78, 5) is 48.3.